The molecule has 0 aliphatic heterocycles. The van der Waals surface area contributed by atoms with E-state index in [2.05, 4.69) is 25.2 Å². The first-order valence-electron chi connectivity index (χ1n) is 12.0. The normalized spacial score (nSPS) is 11.1. The number of rotatable bonds is 7. The summed E-state index contributed by atoms with van der Waals surface area (Å²) in [6.45, 7) is 1.67. The fourth-order valence-electron chi connectivity index (χ4n) is 3.75. The van der Waals surface area contributed by atoms with Gasteiger partial charge in [0.1, 0.15) is 11.5 Å². The Balaban J connectivity index is 0.000000952. The number of sulfonamides is 1. The number of nitrogens with one attached hydrogen (secondary N) is 1. The summed E-state index contributed by atoms with van der Waals surface area (Å²) in [7, 11) is -3.86. The third-order valence-corrected chi connectivity index (χ3v) is 6.85. The predicted octanol–water partition coefficient (Wildman–Crippen LogP) is 3.30. The van der Waals surface area contributed by atoms with Crippen LogP contribution in [-0.4, -0.2) is 39.6 Å². The molecule has 0 saturated heterocycles. The zero-order valence-corrected chi connectivity index (χ0v) is 22.7. The summed E-state index contributed by atoms with van der Waals surface area (Å²) < 4.78 is 34.1. The van der Waals surface area contributed by atoms with Gasteiger partial charge in [0.25, 0.3) is 15.1 Å². The van der Waals surface area contributed by atoms with Gasteiger partial charge in [-0.2, -0.15) is 5.11 Å². The van der Waals surface area contributed by atoms with Crippen LogP contribution in [0.25, 0.3) is 22.5 Å². The van der Waals surface area contributed by atoms with Crippen molar-refractivity contribution in [1.29, 1.82) is 0 Å². The largest absolute Gasteiger partial charge is 0.370 e. The summed E-state index contributed by atoms with van der Waals surface area (Å²) >= 11 is 0. The molecule has 0 amide bonds. The number of hydrogen-bond donors (Lipinski definition) is 4. The lowest BCUT2D eigenvalue weighted by Gasteiger charge is -2.05. The van der Waals surface area contributed by atoms with Gasteiger partial charge in [-0.05, 0) is 31.2 Å². The van der Waals surface area contributed by atoms with Crippen LogP contribution in [0.15, 0.2) is 111 Å². The third kappa shape index (κ3) is 6.99. The van der Waals surface area contributed by atoms with Crippen LogP contribution in [0.3, 0.4) is 0 Å². The Morgan fingerprint density at radius 2 is 1.60 bits per heavy atom. The van der Waals surface area contributed by atoms with E-state index in [1.165, 1.54) is 22.9 Å². The van der Waals surface area contributed by atoms with E-state index < -0.39 is 15.1 Å². The van der Waals surface area contributed by atoms with Gasteiger partial charge in [0.15, 0.2) is 17.2 Å². The zero-order chi connectivity index (χ0) is 30.3. The highest BCUT2D eigenvalue weighted by molar-refractivity contribution is 7.92. The van der Waals surface area contributed by atoms with Crippen molar-refractivity contribution >= 4 is 33.2 Å². The molecule has 0 radical (unpaired) electrons. The third-order valence-electron chi connectivity index (χ3n) is 5.48. The van der Waals surface area contributed by atoms with Gasteiger partial charge >= 0.3 is 5.96 Å². The summed E-state index contributed by atoms with van der Waals surface area (Å²) in [4.78, 5) is 8.39. The lowest BCUT2D eigenvalue weighted by atomic mass is 10.1. The van der Waals surface area contributed by atoms with Gasteiger partial charge in [-0.15, -0.1) is 25.0 Å². The molecule has 0 aliphatic rings. The van der Waals surface area contributed by atoms with E-state index in [4.69, 9.17) is 31.0 Å². The molecular formula is C26H24N9O6S+. The lowest BCUT2D eigenvalue weighted by Crippen LogP contribution is -2.50. The average Bonchev–Trinajstić information content (AvgIpc) is 3.55. The molecule has 0 spiro atoms. The van der Waals surface area contributed by atoms with Crippen molar-refractivity contribution < 1.29 is 28.6 Å². The lowest BCUT2D eigenvalue weighted by molar-refractivity contribution is -0.742. The SMILES string of the molecule is Cc1cc(NS(=O)(=O)c2ccc(N=Nc3c(-c4ccccc4)nn(C(N)=[NH2+])c3-c3ccccc3)cc2)no1.O=[N+]([O-])O. The molecular weight excluding hydrogens is 566 g/mol. The van der Waals surface area contributed by atoms with E-state index in [1.54, 1.807) is 19.1 Å². The quantitative estimate of drug-likeness (QED) is 0.0715. The number of nitrogens with two attached hydrogens (primary N) is 2. The first kappa shape index (κ1) is 29.1. The Morgan fingerprint density at radius 3 is 2.12 bits per heavy atom. The number of nitrogens with zero attached hydrogens (tertiary/aromatic N) is 6. The summed E-state index contributed by atoms with van der Waals surface area (Å²) in [5.41, 5.74) is 9.56. The van der Waals surface area contributed by atoms with Gasteiger partial charge in [0, 0.05) is 17.2 Å². The van der Waals surface area contributed by atoms with Crippen LogP contribution >= 0.6 is 0 Å². The van der Waals surface area contributed by atoms with Crippen molar-refractivity contribution in [2.45, 2.75) is 11.8 Å². The summed E-state index contributed by atoms with van der Waals surface area (Å²) in [6.07, 6.45) is 0. The number of aryl methyl sites for hydroxylation is 1. The van der Waals surface area contributed by atoms with Gasteiger partial charge in [-0.1, -0.05) is 65.8 Å². The highest BCUT2D eigenvalue weighted by Gasteiger charge is 2.26. The van der Waals surface area contributed by atoms with Gasteiger partial charge in [0.2, 0.25) is 0 Å². The fourth-order valence-corrected chi connectivity index (χ4v) is 4.73. The standard InChI is InChI=1S/C26H22N8O3S.HNO3/c1-17-16-22(32-37-17)33-38(35,36)21-14-12-20(13-15-21)29-30-24-23(18-8-4-2-5-9-18)31-34(26(27)28)25(24)19-10-6-3-7-11-19;2-1(3)4/h2-16H,1H3,(H3,27,28)(H,32,33);(H,2,3,4)/p+1. The molecule has 214 valence electrons. The van der Waals surface area contributed by atoms with Crippen LogP contribution in [0.1, 0.15) is 5.76 Å². The van der Waals surface area contributed by atoms with Gasteiger partial charge in [-0.3, -0.25) is 15.9 Å². The van der Waals surface area contributed by atoms with Gasteiger partial charge < -0.3 is 9.73 Å². The Morgan fingerprint density at radius 1 is 1.02 bits per heavy atom. The summed E-state index contributed by atoms with van der Waals surface area (Å²) in [5.74, 6) is 0.563. The van der Waals surface area contributed by atoms with Crippen LogP contribution in [0.5, 0.6) is 0 Å². The minimum Gasteiger partial charge on any atom is -0.360 e. The predicted molar refractivity (Wildman–Crippen MR) is 151 cm³/mol. The Kier molecular flexibility index (Phi) is 8.67. The average molecular weight is 591 g/mol. The monoisotopic (exact) mass is 590 g/mol. The minimum atomic E-state index is -3.86. The van der Waals surface area contributed by atoms with Gasteiger partial charge in [-0.25, -0.2) is 8.42 Å². The molecule has 5 aromatic rings. The van der Waals surface area contributed by atoms with E-state index in [9.17, 15) is 8.42 Å². The molecule has 16 heteroatoms. The highest BCUT2D eigenvalue weighted by atomic mass is 32.2. The van der Waals surface area contributed by atoms with Crippen molar-refractivity contribution in [3.05, 3.63) is 107 Å². The molecule has 2 aromatic heterocycles. The topological polar surface area (TPSA) is 230 Å². The summed E-state index contributed by atoms with van der Waals surface area (Å²) in [6, 6.07) is 26.4. The van der Waals surface area contributed by atoms with Crippen molar-refractivity contribution in [3.63, 3.8) is 0 Å². The molecule has 0 unspecified atom stereocenters. The second-order valence-electron chi connectivity index (χ2n) is 8.47. The Hall–Kier alpha value is -5.90. The van der Waals surface area contributed by atoms with Crippen LogP contribution < -0.4 is 15.9 Å². The van der Waals surface area contributed by atoms with Crippen LogP contribution in [0.2, 0.25) is 0 Å². The first-order chi connectivity index (χ1) is 20.0. The van der Waals surface area contributed by atoms with Crippen molar-refractivity contribution in [2.24, 2.45) is 16.0 Å². The van der Waals surface area contributed by atoms with Crippen molar-refractivity contribution in [2.75, 3.05) is 4.72 Å². The number of azo groups is 1. The van der Waals surface area contributed by atoms with Crippen molar-refractivity contribution in [1.82, 2.24) is 14.9 Å². The first-order valence-corrected chi connectivity index (χ1v) is 13.5. The maximum Gasteiger partial charge on any atom is 0.370 e. The molecule has 0 atom stereocenters. The molecule has 6 N–H and O–H groups in total. The molecule has 0 bridgehead atoms. The summed E-state index contributed by atoms with van der Waals surface area (Å²) in [5, 5.41) is 36.8. The fraction of sp³-hybridized carbons (Fsp3) is 0.0385. The molecule has 0 saturated carbocycles. The van der Waals surface area contributed by atoms with E-state index in [0.29, 0.717) is 28.5 Å². The second kappa shape index (κ2) is 12.5. The molecule has 15 nitrogen and oxygen atoms in total. The Bertz CT molecular complexity index is 1830. The highest BCUT2D eigenvalue weighted by Crippen LogP contribution is 2.39. The minimum absolute atomic E-state index is 0.0214. The number of benzene rings is 3. The van der Waals surface area contributed by atoms with E-state index in [1.807, 2.05) is 60.7 Å². The number of hydrogen-bond acceptors (Lipinski definition) is 9. The van der Waals surface area contributed by atoms with E-state index >= 15 is 0 Å². The molecule has 0 fully saturated rings. The van der Waals surface area contributed by atoms with E-state index in [-0.39, 0.29) is 16.7 Å². The second-order valence-corrected chi connectivity index (χ2v) is 10.2. The van der Waals surface area contributed by atoms with Crippen LogP contribution in [0.4, 0.5) is 17.2 Å². The maximum absolute atomic E-state index is 12.7. The van der Waals surface area contributed by atoms with Crippen LogP contribution in [-0.2, 0) is 10.0 Å². The molecule has 3 aromatic carbocycles. The van der Waals surface area contributed by atoms with Gasteiger partial charge in [0.05, 0.1) is 10.6 Å². The molecule has 5 rings (SSSR count). The Labute approximate surface area is 238 Å². The van der Waals surface area contributed by atoms with E-state index in [0.717, 1.165) is 11.1 Å². The zero-order valence-electron chi connectivity index (χ0n) is 21.9. The number of anilines is 1. The maximum atomic E-state index is 12.7. The smallest absolute Gasteiger partial charge is 0.360 e. The van der Waals surface area contributed by atoms with Crippen molar-refractivity contribution in [3.8, 4) is 22.5 Å². The molecule has 0 aliphatic carbocycles. The molecule has 2 heterocycles. The molecule has 42 heavy (non-hydrogen) atoms. The van der Waals surface area contributed by atoms with Crippen LogP contribution in [0, 0.1) is 17.0 Å². The number of aromatic nitrogens is 3.